The minimum atomic E-state index is -0.612. The van der Waals surface area contributed by atoms with Gasteiger partial charge in [0.25, 0.3) is 0 Å². The zero-order chi connectivity index (χ0) is 35.7. The van der Waals surface area contributed by atoms with E-state index < -0.39 is 17.5 Å². The molecule has 250 valence electrons. The molecule has 0 bridgehead atoms. The molecule has 0 aliphatic heterocycles. The normalized spacial score (nSPS) is 11.0. The quantitative estimate of drug-likeness (QED) is 0.123. The van der Waals surface area contributed by atoms with Crippen molar-refractivity contribution in [1.29, 1.82) is 0 Å². The third kappa shape index (κ3) is 7.69. The molecule has 7 rings (SSSR count). The number of hydrogen-bond acceptors (Lipinski definition) is 3. The second-order valence-electron chi connectivity index (χ2n) is 10.7. The van der Waals surface area contributed by atoms with Crippen LogP contribution >= 0.6 is 58.0 Å². The largest absolute Gasteiger partial charge is 0.247 e. The fraction of sp³-hybridized carbons (Fsp3) is 0.0833. The average molecular weight is 768 g/mol. The van der Waals surface area contributed by atoms with Gasteiger partial charge in [-0.15, -0.1) is 0 Å². The van der Waals surface area contributed by atoms with Gasteiger partial charge in [0.1, 0.15) is 39.4 Å². The van der Waals surface area contributed by atoms with Crippen molar-refractivity contribution < 1.29 is 22.0 Å². The first-order valence-corrected chi connectivity index (χ1v) is 16.1. The lowest BCUT2D eigenvalue weighted by Crippen LogP contribution is -1.96. The van der Waals surface area contributed by atoms with E-state index in [4.69, 9.17) is 58.0 Å². The fourth-order valence-electron chi connectivity index (χ4n) is 4.79. The molecule has 49 heavy (non-hydrogen) atoms. The van der Waals surface area contributed by atoms with Crippen LogP contribution in [0.25, 0.3) is 44.0 Å². The molecule has 0 unspecified atom stereocenters. The van der Waals surface area contributed by atoms with Gasteiger partial charge >= 0.3 is 0 Å². The van der Waals surface area contributed by atoms with E-state index in [2.05, 4.69) is 15.0 Å². The summed E-state index contributed by atoms with van der Waals surface area (Å²) in [6.07, 6.45) is 0. The smallest absolute Gasteiger partial charge is 0.134 e. The molecular weight excluding hydrogens is 747 g/mol. The van der Waals surface area contributed by atoms with Crippen LogP contribution in [-0.2, 0) is 0 Å². The van der Waals surface area contributed by atoms with Crippen molar-refractivity contribution in [2.45, 2.75) is 20.8 Å². The maximum absolute atomic E-state index is 13.9. The Labute approximate surface area is 302 Å². The van der Waals surface area contributed by atoms with Gasteiger partial charge in [-0.3, -0.25) is 0 Å². The van der Waals surface area contributed by atoms with Crippen molar-refractivity contribution in [3.05, 3.63) is 144 Å². The summed E-state index contributed by atoms with van der Waals surface area (Å²) in [5.41, 5.74) is 3.29. The average Bonchev–Trinajstić information content (AvgIpc) is 3.06. The number of halogens is 10. The summed E-state index contributed by atoms with van der Waals surface area (Å²) in [5.74, 6) is -2.39. The van der Waals surface area contributed by atoms with Crippen LogP contribution in [0.15, 0.2) is 72.8 Å². The SMILES string of the molecule is Cc1c(-c2cc(F)ccc2F)nc2cc(F)ccc2c1Cl.Cc1c(Cl)nc2cc(F)ccc2c1Cl.Cc1c(Cl)nc2cccc(F)c2c1Cl. The maximum atomic E-state index is 13.9. The van der Waals surface area contributed by atoms with E-state index in [0.717, 1.165) is 23.6 Å². The van der Waals surface area contributed by atoms with Crippen LogP contribution in [-0.4, -0.2) is 15.0 Å². The van der Waals surface area contributed by atoms with Crippen molar-refractivity contribution in [2.24, 2.45) is 0 Å². The molecule has 7 aromatic rings. The summed E-state index contributed by atoms with van der Waals surface area (Å²) < 4.78 is 66.9. The van der Waals surface area contributed by atoms with Crippen LogP contribution in [0.1, 0.15) is 16.7 Å². The van der Waals surface area contributed by atoms with Crippen molar-refractivity contribution in [2.75, 3.05) is 0 Å². The Morgan fingerprint density at radius 3 is 1.57 bits per heavy atom. The maximum Gasteiger partial charge on any atom is 0.134 e. The van der Waals surface area contributed by atoms with E-state index in [1.165, 1.54) is 36.4 Å². The minimum Gasteiger partial charge on any atom is -0.247 e. The topological polar surface area (TPSA) is 38.7 Å². The van der Waals surface area contributed by atoms with Gasteiger partial charge in [0.2, 0.25) is 0 Å². The Kier molecular flexibility index (Phi) is 11.2. The predicted octanol–water partition coefficient (Wildman–Crippen LogP) is 13.3. The second-order valence-corrected chi connectivity index (χ2v) is 12.5. The Balaban J connectivity index is 0.000000148. The highest BCUT2D eigenvalue weighted by Gasteiger charge is 2.16. The monoisotopic (exact) mass is 765 g/mol. The van der Waals surface area contributed by atoms with Gasteiger partial charge < -0.3 is 0 Å². The number of benzene rings is 4. The first-order valence-electron chi connectivity index (χ1n) is 14.2. The van der Waals surface area contributed by atoms with Gasteiger partial charge in [-0.1, -0.05) is 64.1 Å². The highest BCUT2D eigenvalue weighted by Crippen LogP contribution is 2.35. The Morgan fingerprint density at radius 1 is 0.469 bits per heavy atom. The summed E-state index contributed by atoms with van der Waals surface area (Å²) in [4.78, 5) is 12.3. The number of rotatable bonds is 1. The van der Waals surface area contributed by atoms with E-state index in [-0.39, 0.29) is 22.9 Å². The molecule has 13 heteroatoms. The molecule has 0 spiro atoms. The van der Waals surface area contributed by atoms with Crippen LogP contribution in [0.5, 0.6) is 0 Å². The summed E-state index contributed by atoms with van der Waals surface area (Å²) in [6, 6.07) is 16.0. The highest BCUT2D eigenvalue weighted by atomic mass is 35.5. The van der Waals surface area contributed by atoms with E-state index in [1.807, 2.05) is 0 Å². The van der Waals surface area contributed by atoms with Gasteiger partial charge in [-0.2, -0.15) is 0 Å². The second kappa shape index (κ2) is 15.0. The van der Waals surface area contributed by atoms with E-state index >= 15 is 0 Å². The lowest BCUT2D eigenvalue weighted by molar-refractivity contribution is 0.602. The minimum absolute atomic E-state index is 0.000520. The van der Waals surface area contributed by atoms with Crippen LogP contribution in [0.2, 0.25) is 25.4 Å². The predicted molar refractivity (Wildman–Crippen MR) is 190 cm³/mol. The highest BCUT2D eigenvalue weighted by molar-refractivity contribution is 6.39. The molecule has 0 radical (unpaired) electrons. The lowest BCUT2D eigenvalue weighted by Gasteiger charge is -2.11. The Hall–Kier alpha value is -3.79. The number of fused-ring (bicyclic) bond motifs is 3. The molecule has 0 aliphatic carbocycles. The van der Waals surface area contributed by atoms with Gasteiger partial charge in [0, 0.05) is 39.6 Å². The molecule has 4 aromatic carbocycles. The van der Waals surface area contributed by atoms with E-state index in [9.17, 15) is 22.0 Å². The molecular formula is C36H21Cl5F5N3. The standard InChI is InChI=1S/C16H9ClF3N.2C10H6Cl2FN/c1-8-15(17)11-4-2-10(19)7-14(11)21-16(8)12-6-9(18)3-5-13(12)20;1-5-9(11)7-3-2-6(13)4-8(7)14-10(5)12;1-5-9(11)8-6(13)3-2-4-7(8)14-10(5)12/h2-7H,1H3;2*2-4H,1H3. The molecule has 0 saturated carbocycles. The van der Waals surface area contributed by atoms with Crippen molar-refractivity contribution in [3.63, 3.8) is 0 Å². The van der Waals surface area contributed by atoms with E-state index in [1.54, 1.807) is 39.0 Å². The molecule has 0 aliphatic rings. The van der Waals surface area contributed by atoms with E-state index in [0.29, 0.717) is 69.4 Å². The van der Waals surface area contributed by atoms with Crippen LogP contribution < -0.4 is 0 Å². The van der Waals surface area contributed by atoms with Gasteiger partial charge in [0.05, 0.1) is 42.7 Å². The van der Waals surface area contributed by atoms with Crippen molar-refractivity contribution in [3.8, 4) is 11.3 Å². The van der Waals surface area contributed by atoms with Crippen molar-refractivity contribution >= 4 is 90.7 Å². The zero-order valence-corrected chi connectivity index (χ0v) is 29.3. The van der Waals surface area contributed by atoms with Gasteiger partial charge in [-0.25, -0.2) is 36.9 Å². The molecule has 0 atom stereocenters. The molecule has 0 saturated heterocycles. The summed E-state index contributed by atoms with van der Waals surface area (Å²) in [6.45, 7) is 5.15. The van der Waals surface area contributed by atoms with Crippen LogP contribution in [0.3, 0.4) is 0 Å². The molecule has 3 nitrogen and oxygen atoms in total. The summed E-state index contributed by atoms with van der Waals surface area (Å²) in [7, 11) is 0. The number of hydrogen-bond donors (Lipinski definition) is 0. The van der Waals surface area contributed by atoms with Crippen molar-refractivity contribution in [1.82, 2.24) is 15.0 Å². The Bertz CT molecular complexity index is 2400. The first kappa shape index (κ1) is 36.5. The van der Waals surface area contributed by atoms with Gasteiger partial charge in [0.15, 0.2) is 0 Å². The van der Waals surface area contributed by atoms with Crippen LogP contribution in [0.4, 0.5) is 22.0 Å². The summed E-state index contributed by atoms with van der Waals surface area (Å²) in [5, 5.41) is 3.44. The summed E-state index contributed by atoms with van der Waals surface area (Å²) >= 11 is 29.9. The Morgan fingerprint density at radius 2 is 0.959 bits per heavy atom. The lowest BCUT2D eigenvalue weighted by atomic mass is 10.0. The molecule has 0 amide bonds. The first-order chi connectivity index (χ1) is 23.2. The van der Waals surface area contributed by atoms with Gasteiger partial charge in [-0.05, 0) is 80.9 Å². The number of pyridine rings is 3. The fourth-order valence-corrected chi connectivity index (χ4v) is 6.03. The zero-order valence-electron chi connectivity index (χ0n) is 25.5. The third-order valence-corrected chi connectivity index (χ3v) is 9.60. The molecule has 0 N–H and O–H groups in total. The molecule has 3 aromatic heterocycles. The molecule has 3 heterocycles. The number of aromatic nitrogens is 3. The third-order valence-electron chi connectivity index (χ3n) is 7.42. The molecule has 0 fully saturated rings. The van der Waals surface area contributed by atoms with Crippen LogP contribution in [0, 0.1) is 49.9 Å². The number of nitrogens with zero attached hydrogens (tertiary/aromatic N) is 3.